The van der Waals surface area contributed by atoms with Crippen LogP contribution in [0.5, 0.6) is 11.5 Å². The van der Waals surface area contributed by atoms with E-state index in [1.165, 1.54) is 12.8 Å². The zero-order chi connectivity index (χ0) is 19.6. The second-order valence-electron chi connectivity index (χ2n) is 5.19. The van der Waals surface area contributed by atoms with Crippen molar-refractivity contribution in [1.29, 1.82) is 0 Å². The maximum Gasteiger partial charge on any atom is 0.319 e. The molecule has 0 atom stereocenters. The van der Waals surface area contributed by atoms with E-state index in [0.717, 1.165) is 22.9 Å². The number of nitrogens with zero attached hydrogens (tertiary/aromatic N) is 4. The molecular weight excluding hydrogens is 364 g/mol. The van der Waals surface area contributed by atoms with E-state index in [2.05, 4.69) is 31.0 Å². The Bertz CT molecular complexity index is 846. The van der Waals surface area contributed by atoms with Gasteiger partial charge in [-0.15, -0.1) is 10.2 Å². The highest BCUT2D eigenvalue weighted by atomic mass is 16.5. The average Bonchev–Trinajstić information content (AvgIpc) is 3.44. The van der Waals surface area contributed by atoms with Gasteiger partial charge in [0.15, 0.2) is 0 Å². The lowest BCUT2D eigenvalue weighted by Gasteiger charge is -2.02. The minimum Gasteiger partial charge on any atom is -0.497 e. The molecule has 0 spiro atoms. The molecule has 0 saturated heterocycles. The molecule has 0 bridgehead atoms. The van der Waals surface area contributed by atoms with Crippen molar-refractivity contribution in [2.45, 2.75) is 0 Å². The van der Waals surface area contributed by atoms with Gasteiger partial charge in [0.1, 0.15) is 11.5 Å². The third-order valence-electron chi connectivity index (χ3n) is 3.40. The summed E-state index contributed by atoms with van der Waals surface area (Å²) in [5.74, 6) is 1.61. The van der Waals surface area contributed by atoms with Crippen LogP contribution in [0, 0.1) is 0 Å². The van der Waals surface area contributed by atoms with E-state index in [-0.39, 0.29) is 0 Å². The molecule has 0 radical (unpaired) electrons. The SMILES string of the molecule is COc1ccc(Nc2nnco2)cc1.COc1ccc(Nc2nnco2)cc1. The number of nitrogens with one attached hydrogen (secondary N) is 2. The summed E-state index contributed by atoms with van der Waals surface area (Å²) in [5.41, 5.74) is 1.74. The fourth-order valence-electron chi connectivity index (χ4n) is 2.05. The van der Waals surface area contributed by atoms with Crippen LogP contribution in [0.15, 0.2) is 70.2 Å². The molecule has 2 aromatic heterocycles. The Kier molecular flexibility index (Phi) is 6.39. The molecule has 10 heteroatoms. The highest BCUT2D eigenvalue weighted by Crippen LogP contribution is 2.18. The number of methoxy groups -OCH3 is 2. The van der Waals surface area contributed by atoms with Crippen LogP contribution in [0.2, 0.25) is 0 Å². The van der Waals surface area contributed by atoms with Gasteiger partial charge in [-0.2, -0.15) is 0 Å². The zero-order valence-electron chi connectivity index (χ0n) is 15.2. The van der Waals surface area contributed by atoms with Gasteiger partial charge in [0, 0.05) is 11.4 Å². The Morgan fingerprint density at radius 3 is 1.32 bits per heavy atom. The van der Waals surface area contributed by atoms with Gasteiger partial charge in [-0.1, -0.05) is 10.2 Å². The lowest BCUT2D eigenvalue weighted by atomic mass is 10.3. The van der Waals surface area contributed by atoms with Crippen LogP contribution in [-0.2, 0) is 0 Å². The summed E-state index contributed by atoms with van der Waals surface area (Å²) >= 11 is 0. The summed E-state index contributed by atoms with van der Waals surface area (Å²) < 4.78 is 19.9. The van der Waals surface area contributed by atoms with Crippen molar-refractivity contribution in [2.75, 3.05) is 24.9 Å². The van der Waals surface area contributed by atoms with Gasteiger partial charge >= 0.3 is 12.0 Å². The van der Waals surface area contributed by atoms with E-state index >= 15 is 0 Å². The Balaban J connectivity index is 0.000000161. The minimum absolute atomic E-state index is 0.371. The van der Waals surface area contributed by atoms with Crippen LogP contribution in [0.25, 0.3) is 0 Å². The standard InChI is InChI=1S/2C9H9N3O2/c2*1-13-8-4-2-7(3-5-8)11-9-12-10-6-14-9/h2*2-6H,1H3,(H,11,12). The van der Waals surface area contributed by atoms with E-state index in [4.69, 9.17) is 18.3 Å². The number of aromatic nitrogens is 4. The Morgan fingerprint density at radius 1 is 0.643 bits per heavy atom. The lowest BCUT2D eigenvalue weighted by molar-refractivity contribution is 0.415. The molecule has 2 heterocycles. The summed E-state index contributed by atoms with van der Waals surface area (Å²) in [6.07, 6.45) is 2.54. The smallest absolute Gasteiger partial charge is 0.319 e. The molecule has 0 aliphatic heterocycles. The Labute approximate surface area is 160 Å². The van der Waals surface area contributed by atoms with E-state index in [0.29, 0.717) is 12.0 Å². The maximum atomic E-state index is 5.03. The highest BCUT2D eigenvalue weighted by molar-refractivity contribution is 5.53. The van der Waals surface area contributed by atoms with Gasteiger partial charge in [0.25, 0.3) is 0 Å². The van der Waals surface area contributed by atoms with Crippen molar-refractivity contribution in [1.82, 2.24) is 20.4 Å². The molecule has 4 aromatic rings. The summed E-state index contributed by atoms with van der Waals surface area (Å²) in [4.78, 5) is 0. The number of benzene rings is 2. The van der Waals surface area contributed by atoms with E-state index < -0.39 is 0 Å². The van der Waals surface area contributed by atoms with Gasteiger partial charge < -0.3 is 28.9 Å². The van der Waals surface area contributed by atoms with Crippen LogP contribution in [0.1, 0.15) is 0 Å². The van der Waals surface area contributed by atoms with Crippen molar-refractivity contribution in [3.63, 3.8) is 0 Å². The fourth-order valence-corrected chi connectivity index (χ4v) is 2.05. The summed E-state index contributed by atoms with van der Waals surface area (Å²) in [6, 6.07) is 15.6. The molecule has 0 aliphatic carbocycles. The fraction of sp³-hybridized carbons (Fsp3) is 0.111. The van der Waals surface area contributed by atoms with Crippen molar-refractivity contribution in [3.05, 3.63) is 61.3 Å². The third kappa shape index (κ3) is 5.46. The number of hydrogen-bond donors (Lipinski definition) is 2. The van der Waals surface area contributed by atoms with Gasteiger partial charge in [0.2, 0.25) is 12.8 Å². The van der Waals surface area contributed by atoms with Crippen molar-refractivity contribution < 1.29 is 18.3 Å². The van der Waals surface area contributed by atoms with Crippen molar-refractivity contribution in [2.24, 2.45) is 0 Å². The molecule has 144 valence electrons. The molecule has 10 nitrogen and oxygen atoms in total. The Hall–Kier alpha value is -4.08. The summed E-state index contributed by atoms with van der Waals surface area (Å²) in [6.45, 7) is 0. The predicted molar refractivity (Wildman–Crippen MR) is 101 cm³/mol. The molecule has 0 amide bonds. The first-order valence-corrected chi connectivity index (χ1v) is 8.11. The quantitative estimate of drug-likeness (QED) is 0.511. The van der Waals surface area contributed by atoms with Gasteiger partial charge in [-0.25, -0.2) is 0 Å². The molecular formula is C18H18N6O4. The third-order valence-corrected chi connectivity index (χ3v) is 3.40. The summed E-state index contributed by atoms with van der Waals surface area (Å²) in [5, 5.41) is 20.4. The molecule has 4 rings (SSSR count). The largest absolute Gasteiger partial charge is 0.497 e. The second kappa shape index (κ2) is 9.57. The minimum atomic E-state index is 0.371. The Morgan fingerprint density at radius 2 is 1.04 bits per heavy atom. The van der Waals surface area contributed by atoms with E-state index in [1.54, 1.807) is 14.2 Å². The molecule has 0 fully saturated rings. The molecule has 2 aromatic carbocycles. The number of ether oxygens (including phenoxy) is 2. The van der Waals surface area contributed by atoms with Gasteiger partial charge in [-0.05, 0) is 48.5 Å². The normalized spacial score (nSPS) is 9.79. The van der Waals surface area contributed by atoms with Crippen LogP contribution in [0.3, 0.4) is 0 Å². The lowest BCUT2D eigenvalue weighted by Crippen LogP contribution is -1.90. The monoisotopic (exact) mass is 382 g/mol. The topological polar surface area (TPSA) is 120 Å². The van der Waals surface area contributed by atoms with Crippen molar-refractivity contribution in [3.8, 4) is 11.5 Å². The van der Waals surface area contributed by atoms with Gasteiger partial charge in [-0.3, -0.25) is 0 Å². The second-order valence-corrected chi connectivity index (χ2v) is 5.19. The maximum absolute atomic E-state index is 5.03. The predicted octanol–water partition coefficient (Wildman–Crippen LogP) is 3.64. The number of anilines is 4. The molecule has 0 aliphatic rings. The molecule has 0 saturated carbocycles. The average molecular weight is 382 g/mol. The van der Waals surface area contributed by atoms with Crippen molar-refractivity contribution >= 4 is 23.4 Å². The van der Waals surface area contributed by atoms with Crippen LogP contribution < -0.4 is 20.1 Å². The van der Waals surface area contributed by atoms with Crippen LogP contribution in [-0.4, -0.2) is 34.6 Å². The molecule has 0 unspecified atom stereocenters. The number of rotatable bonds is 6. The first kappa shape index (κ1) is 18.7. The first-order valence-electron chi connectivity index (χ1n) is 8.11. The van der Waals surface area contributed by atoms with Gasteiger partial charge in [0.05, 0.1) is 14.2 Å². The molecule has 2 N–H and O–H groups in total. The van der Waals surface area contributed by atoms with Crippen LogP contribution >= 0.6 is 0 Å². The number of hydrogen-bond acceptors (Lipinski definition) is 10. The first-order chi connectivity index (χ1) is 13.8. The van der Waals surface area contributed by atoms with E-state index in [1.807, 2.05) is 48.5 Å². The van der Waals surface area contributed by atoms with Crippen LogP contribution in [0.4, 0.5) is 23.4 Å². The van der Waals surface area contributed by atoms with E-state index in [9.17, 15) is 0 Å². The zero-order valence-corrected chi connectivity index (χ0v) is 15.2. The highest BCUT2D eigenvalue weighted by Gasteiger charge is 1.99. The molecule has 28 heavy (non-hydrogen) atoms. The summed E-state index contributed by atoms with van der Waals surface area (Å²) in [7, 11) is 3.25.